The van der Waals surface area contributed by atoms with E-state index < -0.39 is 5.60 Å². The van der Waals surface area contributed by atoms with Gasteiger partial charge in [-0.1, -0.05) is 90.5 Å². The highest BCUT2D eigenvalue weighted by Crippen LogP contribution is 2.42. The van der Waals surface area contributed by atoms with Gasteiger partial charge in [-0.3, -0.25) is 4.79 Å². The van der Waals surface area contributed by atoms with Crippen LogP contribution >= 0.6 is 0 Å². The second kappa shape index (κ2) is 6.15. The molecule has 0 radical (unpaired) electrons. The van der Waals surface area contributed by atoms with Gasteiger partial charge in [0.25, 0.3) is 0 Å². The fraction of sp³-hybridized carbons (Fsp3) is 0.115. The van der Waals surface area contributed by atoms with Gasteiger partial charge >= 0.3 is 0 Å². The minimum Gasteiger partial charge on any atom is -0.380 e. The van der Waals surface area contributed by atoms with Gasteiger partial charge < -0.3 is 5.11 Å². The van der Waals surface area contributed by atoms with Gasteiger partial charge in [-0.05, 0) is 34.4 Å². The molecule has 0 atom stereocenters. The highest BCUT2D eigenvalue weighted by Gasteiger charge is 2.41. The summed E-state index contributed by atoms with van der Waals surface area (Å²) < 4.78 is 0. The Kier molecular flexibility index (Phi) is 3.71. The van der Waals surface area contributed by atoms with Gasteiger partial charge in [0.2, 0.25) is 0 Å². The van der Waals surface area contributed by atoms with Crippen LogP contribution in [0.2, 0.25) is 0 Å². The van der Waals surface area contributed by atoms with E-state index in [1.165, 1.54) is 10.9 Å². The molecule has 0 saturated carbocycles. The summed E-state index contributed by atoms with van der Waals surface area (Å²) in [6, 6.07) is 27.5. The van der Waals surface area contributed by atoms with Gasteiger partial charge in [-0.15, -0.1) is 0 Å². The van der Waals surface area contributed by atoms with Gasteiger partial charge in [0, 0.05) is 17.5 Å². The monoisotopic (exact) mass is 364 g/mol. The zero-order valence-electron chi connectivity index (χ0n) is 15.6. The second-order valence-corrected chi connectivity index (χ2v) is 7.64. The first-order valence-electron chi connectivity index (χ1n) is 9.52. The molecule has 1 N–H and O–H groups in total. The molecule has 4 aromatic rings. The standard InChI is InChI=1S/C26H20O2/c1-17-10-12-20-15-18(11-13-19(20)14-17)16-26(28)23-8-4-2-6-21(23)25(27)22-7-3-5-9-24(22)26/h2-15,28H,16H2,1H3. The smallest absolute Gasteiger partial charge is 0.193 e. The van der Waals surface area contributed by atoms with Crippen LogP contribution in [0, 0.1) is 6.92 Å². The largest absolute Gasteiger partial charge is 0.380 e. The Morgan fingerprint density at radius 1 is 0.750 bits per heavy atom. The van der Waals surface area contributed by atoms with Crippen LogP contribution in [-0.4, -0.2) is 10.9 Å². The Balaban J connectivity index is 1.68. The van der Waals surface area contributed by atoms with Crippen molar-refractivity contribution in [2.45, 2.75) is 18.9 Å². The van der Waals surface area contributed by atoms with Crippen LogP contribution in [0.1, 0.15) is 38.2 Å². The predicted octanol–water partition coefficient (Wildman–Crippen LogP) is 5.17. The highest BCUT2D eigenvalue weighted by atomic mass is 16.3. The van der Waals surface area contributed by atoms with Crippen LogP contribution in [0.15, 0.2) is 84.9 Å². The Hall–Kier alpha value is -3.23. The number of benzene rings is 4. The zero-order valence-corrected chi connectivity index (χ0v) is 15.6. The number of aryl methyl sites for hydroxylation is 1. The molecule has 0 bridgehead atoms. The number of carbonyl (C=O) groups excluding carboxylic acids is 1. The molecule has 2 nitrogen and oxygen atoms in total. The summed E-state index contributed by atoms with van der Waals surface area (Å²) in [5, 5.41) is 14.3. The molecule has 136 valence electrons. The minimum atomic E-state index is -1.24. The summed E-state index contributed by atoms with van der Waals surface area (Å²) in [7, 11) is 0. The highest BCUT2D eigenvalue weighted by molar-refractivity contribution is 6.13. The minimum absolute atomic E-state index is 0.0233. The molecule has 0 heterocycles. The van der Waals surface area contributed by atoms with Crippen LogP contribution in [0.5, 0.6) is 0 Å². The zero-order chi connectivity index (χ0) is 19.3. The third kappa shape index (κ3) is 2.49. The molecule has 0 amide bonds. The molecule has 0 saturated heterocycles. The lowest BCUT2D eigenvalue weighted by Crippen LogP contribution is -2.37. The molecule has 0 unspecified atom stereocenters. The molecule has 0 aromatic heterocycles. The van der Waals surface area contributed by atoms with Gasteiger partial charge in [0.05, 0.1) is 0 Å². The Bertz CT molecular complexity index is 1190. The first kappa shape index (κ1) is 16.9. The summed E-state index contributed by atoms with van der Waals surface area (Å²) >= 11 is 0. The maximum Gasteiger partial charge on any atom is 0.193 e. The van der Waals surface area contributed by atoms with E-state index in [0.29, 0.717) is 28.7 Å². The van der Waals surface area contributed by atoms with Crippen molar-refractivity contribution in [2.24, 2.45) is 0 Å². The fourth-order valence-corrected chi connectivity index (χ4v) is 4.38. The number of ketones is 1. The van der Waals surface area contributed by atoms with E-state index in [9.17, 15) is 9.90 Å². The molecule has 2 heteroatoms. The van der Waals surface area contributed by atoms with Crippen molar-refractivity contribution in [3.05, 3.63) is 118 Å². The van der Waals surface area contributed by atoms with Crippen molar-refractivity contribution in [1.82, 2.24) is 0 Å². The van der Waals surface area contributed by atoms with E-state index in [1.54, 1.807) is 0 Å². The molecule has 28 heavy (non-hydrogen) atoms. The molecule has 5 rings (SSSR count). The number of hydrogen-bond acceptors (Lipinski definition) is 2. The van der Waals surface area contributed by atoms with Crippen LogP contribution in [0.3, 0.4) is 0 Å². The number of aliphatic hydroxyl groups is 1. The van der Waals surface area contributed by atoms with Crippen LogP contribution in [-0.2, 0) is 12.0 Å². The van der Waals surface area contributed by atoms with Crippen molar-refractivity contribution >= 4 is 16.6 Å². The third-order valence-electron chi connectivity index (χ3n) is 5.75. The molecule has 1 aliphatic rings. The maximum absolute atomic E-state index is 12.9. The number of hydrogen-bond donors (Lipinski definition) is 1. The van der Waals surface area contributed by atoms with Crippen molar-refractivity contribution in [3.63, 3.8) is 0 Å². The lowest BCUT2D eigenvalue weighted by Gasteiger charge is -2.36. The van der Waals surface area contributed by atoms with Crippen molar-refractivity contribution in [3.8, 4) is 0 Å². The van der Waals surface area contributed by atoms with E-state index in [1.807, 2.05) is 48.5 Å². The Morgan fingerprint density at radius 2 is 1.32 bits per heavy atom. The predicted molar refractivity (Wildman–Crippen MR) is 112 cm³/mol. The molecule has 0 spiro atoms. The lowest BCUT2D eigenvalue weighted by atomic mass is 9.71. The van der Waals surface area contributed by atoms with Crippen LogP contribution < -0.4 is 0 Å². The third-order valence-corrected chi connectivity index (χ3v) is 5.75. The lowest BCUT2D eigenvalue weighted by molar-refractivity contribution is 0.0721. The van der Waals surface area contributed by atoms with Crippen molar-refractivity contribution in [1.29, 1.82) is 0 Å². The Morgan fingerprint density at radius 3 is 2.00 bits per heavy atom. The van der Waals surface area contributed by atoms with E-state index in [2.05, 4.69) is 43.3 Å². The molecule has 0 fully saturated rings. The van der Waals surface area contributed by atoms with E-state index in [0.717, 1.165) is 10.9 Å². The number of rotatable bonds is 2. The Labute approximate surface area is 164 Å². The van der Waals surface area contributed by atoms with Crippen LogP contribution in [0.4, 0.5) is 0 Å². The summed E-state index contributed by atoms with van der Waals surface area (Å²) in [6.45, 7) is 2.09. The first-order valence-corrected chi connectivity index (χ1v) is 9.52. The summed E-state index contributed by atoms with van der Waals surface area (Å²) in [5.41, 5.74) is 3.57. The first-order chi connectivity index (χ1) is 13.6. The fourth-order valence-electron chi connectivity index (χ4n) is 4.38. The normalized spacial score (nSPS) is 14.6. The van der Waals surface area contributed by atoms with Crippen molar-refractivity contribution < 1.29 is 9.90 Å². The summed E-state index contributed by atoms with van der Waals surface area (Å²) in [4.78, 5) is 12.9. The topological polar surface area (TPSA) is 37.3 Å². The number of carbonyl (C=O) groups is 1. The maximum atomic E-state index is 12.9. The quantitative estimate of drug-likeness (QED) is 0.533. The molecule has 0 aliphatic heterocycles. The van der Waals surface area contributed by atoms with Crippen molar-refractivity contribution in [2.75, 3.05) is 0 Å². The average molecular weight is 364 g/mol. The molecular formula is C26H20O2. The molecule has 1 aliphatic carbocycles. The molecule has 4 aromatic carbocycles. The van der Waals surface area contributed by atoms with Gasteiger partial charge in [-0.25, -0.2) is 0 Å². The summed E-state index contributed by atoms with van der Waals surface area (Å²) in [5.74, 6) is -0.0233. The van der Waals surface area contributed by atoms with Gasteiger partial charge in [0.1, 0.15) is 5.60 Å². The van der Waals surface area contributed by atoms with E-state index in [-0.39, 0.29) is 5.78 Å². The summed E-state index contributed by atoms with van der Waals surface area (Å²) in [6.07, 6.45) is 0.415. The second-order valence-electron chi connectivity index (χ2n) is 7.64. The molecular weight excluding hydrogens is 344 g/mol. The average Bonchev–Trinajstić information content (AvgIpc) is 2.72. The van der Waals surface area contributed by atoms with Gasteiger partial charge in [-0.2, -0.15) is 0 Å². The number of fused-ring (bicyclic) bond motifs is 3. The SMILES string of the molecule is Cc1ccc2cc(CC3(O)c4ccccc4C(=O)c4ccccc43)ccc2c1. The van der Waals surface area contributed by atoms with Gasteiger partial charge in [0.15, 0.2) is 5.78 Å². The van der Waals surface area contributed by atoms with E-state index >= 15 is 0 Å². The van der Waals surface area contributed by atoms with Crippen LogP contribution in [0.25, 0.3) is 10.8 Å². The van der Waals surface area contributed by atoms with E-state index in [4.69, 9.17) is 0 Å².